The number of benzene rings is 1. The highest BCUT2D eigenvalue weighted by Crippen LogP contribution is 2.24. The van der Waals surface area contributed by atoms with E-state index in [1.807, 2.05) is 13.8 Å². The molecule has 0 bridgehead atoms. The molecule has 0 radical (unpaired) electrons. The van der Waals surface area contributed by atoms with Gasteiger partial charge in [-0.25, -0.2) is 12.8 Å². The van der Waals surface area contributed by atoms with Gasteiger partial charge < -0.3 is 5.32 Å². The maximum absolute atomic E-state index is 13.2. The molecule has 0 unspecified atom stereocenters. The molecule has 0 fully saturated rings. The summed E-state index contributed by atoms with van der Waals surface area (Å²) >= 11 is 5.71. The van der Waals surface area contributed by atoms with Crippen molar-refractivity contribution in [2.45, 2.75) is 26.7 Å². The number of halogens is 2. The molecule has 0 saturated carbocycles. The van der Waals surface area contributed by atoms with Crippen molar-refractivity contribution < 1.29 is 17.6 Å². The summed E-state index contributed by atoms with van der Waals surface area (Å²) in [5.41, 5.74) is 0.260. The van der Waals surface area contributed by atoms with E-state index in [1.54, 1.807) is 0 Å². The molecule has 1 aromatic rings. The first kappa shape index (κ1) is 19.7. The van der Waals surface area contributed by atoms with Crippen LogP contribution < -0.4 is 9.62 Å². The molecule has 130 valence electrons. The number of rotatable bonds is 8. The van der Waals surface area contributed by atoms with Gasteiger partial charge in [-0.05, 0) is 31.0 Å². The van der Waals surface area contributed by atoms with E-state index in [9.17, 15) is 17.6 Å². The highest BCUT2D eigenvalue weighted by Gasteiger charge is 2.19. The van der Waals surface area contributed by atoms with Crippen LogP contribution in [0.15, 0.2) is 18.2 Å². The number of hydrogen-bond acceptors (Lipinski definition) is 3. The average Bonchev–Trinajstić information content (AvgIpc) is 2.47. The summed E-state index contributed by atoms with van der Waals surface area (Å²) < 4.78 is 38.2. The molecule has 0 aliphatic carbocycles. The molecule has 1 amide bonds. The van der Waals surface area contributed by atoms with Crippen LogP contribution in [0.4, 0.5) is 10.1 Å². The number of nitrogens with one attached hydrogen (secondary N) is 1. The Morgan fingerprint density at radius 3 is 2.43 bits per heavy atom. The lowest BCUT2D eigenvalue weighted by Crippen LogP contribution is -2.40. The van der Waals surface area contributed by atoms with Gasteiger partial charge in [-0.3, -0.25) is 9.10 Å². The Labute approximate surface area is 141 Å². The zero-order valence-corrected chi connectivity index (χ0v) is 15.0. The first-order chi connectivity index (χ1) is 10.7. The topological polar surface area (TPSA) is 66.5 Å². The van der Waals surface area contributed by atoms with Gasteiger partial charge in [0.2, 0.25) is 15.9 Å². The van der Waals surface area contributed by atoms with Crippen molar-refractivity contribution in [2.75, 3.05) is 23.7 Å². The zero-order valence-electron chi connectivity index (χ0n) is 13.5. The Kier molecular flexibility index (Phi) is 7.28. The number of hydrogen-bond donors (Lipinski definition) is 1. The van der Waals surface area contributed by atoms with Crippen LogP contribution in [-0.2, 0) is 14.8 Å². The number of anilines is 1. The number of nitrogens with zero attached hydrogens (tertiary/aromatic N) is 1. The van der Waals surface area contributed by atoms with E-state index < -0.39 is 15.8 Å². The summed E-state index contributed by atoms with van der Waals surface area (Å²) in [6.07, 6.45) is 2.50. The fraction of sp³-hybridized carbons (Fsp3) is 0.533. The minimum atomic E-state index is -3.58. The van der Waals surface area contributed by atoms with Crippen molar-refractivity contribution in [1.29, 1.82) is 0 Å². The van der Waals surface area contributed by atoms with Crippen molar-refractivity contribution in [3.63, 3.8) is 0 Å². The first-order valence-electron chi connectivity index (χ1n) is 7.41. The highest BCUT2D eigenvalue weighted by atomic mass is 35.5. The molecule has 1 rings (SSSR count). The molecular formula is C15H22ClFN2O3S. The third kappa shape index (κ3) is 5.66. The van der Waals surface area contributed by atoms with E-state index in [1.165, 1.54) is 12.1 Å². The van der Waals surface area contributed by atoms with Crippen LogP contribution in [0.1, 0.15) is 26.7 Å². The largest absolute Gasteiger partial charge is 0.354 e. The van der Waals surface area contributed by atoms with Crippen molar-refractivity contribution in [3.05, 3.63) is 29.0 Å². The number of amides is 1. The second kappa shape index (κ2) is 8.49. The number of carbonyl (C=O) groups is 1. The zero-order chi connectivity index (χ0) is 17.6. The highest BCUT2D eigenvalue weighted by molar-refractivity contribution is 7.92. The second-order valence-electron chi connectivity index (χ2n) is 5.24. The summed E-state index contributed by atoms with van der Waals surface area (Å²) in [5.74, 6) is -0.798. The van der Waals surface area contributed by atoms with Crippen LogP contribution >= 0.6 is 11.6 Å². The van der Waals surface area contributed by atoms with Gasteiger partial charge in [-0.2, -0.15) is 0 Å². The predicted octanol–water partition coefficient (Wildman–Crippen LogP) is 2.80. The van der Waals surface area contributed by atoms with E-state index >= 15 is 0 Å². The molecule has 0 heterocycles. The molecule has 0 aromatic heterocycles. The molecule has 0 spiro atoms. The maximum Gasteiger partial charge on any atom is 0.232 e. The van der Waals surface area contributed by atoms with Gasteiger partial charge in [0.15, 0.2) is 0 Å². The Morgan fingerprint density at radius 1 is 1.35 bits per heavy atom. The van der Waals surface area contributed by atoms with Crippen LogP contribution in [0.25, 0.3) is 0 Å². The molecule has 1 aromatic carbocycles. The van der Waals surface area contributed by atoms with Gasteiger partial charge in [0.1, 0.15) is 5.82 Å². The second-order valence-corrected chi connectivity index (χ2v) is 7.55. The van der Waals surface area contributed by atoms with E-state index in [-0.39, 0.29) is 35.6 Å². The number of carbonyl (C=O) groups excluding carboxylic acids is 1. The average molecular weight is 365 g/mol. The van der Waals surface area contributed by atoms with E-state index in [0.717, 1.165) is 29.5 Å². The molecule has 23 heavy (non-hydrogen) atoms. The van der Waals surface area contributed by atoms with Gasteiger partial charge in [0, 0.05) is 12.5 Å². The van der Waals surface area contributed by atoms with Crippen LogP contribution in [0, 0.1) is 11.7 Å². The summed E-state index contributed by atoms with van der Waals surface area (Å²) in [5, 5.41) is 2.58. The van der Waals surface area contributed by atoms with Crippen LogP contribution in [-0.4, -0.2) is 33.7 Å². The Bertz CT molecular complexity index is 648. The smallest absolute Gasteiger partial charge is 0.232 e. The molecule has 5 nitrogen and oxygen atoms in total. The van der Waals surface area contributed by atoms with Crippen molar-refractivity contribution in [2.24, 2.45) is 5.92 Å². The Morgan fingerprint density at radius 2 is 1.96 bits per heavy atom. The number of sulfonamides is 1. The van der Waals surface area contributed by atoms with Crippen molar-refractivity contribution in [1.82, 2.24) is 5.32 Å². The van der Waals surface area contributed by atoms with Crippen LogP contribution in [0.3, 0.4) is 0 Å². The monoisotopic (exact) mass is 364 g/mol. The SMILES string of the molecule is CCC(CC)C(=O)NCCN(c1ccc(F)c(Cl)c1)S(C)(=O)=O. The summed E-state index contributed by atoms with van der Waals surface area (Å²) in [4.78, 5) is 11.9. The quantitative estimate of drug-likeness (QED) is 0.771. The van der Waals surface area contributed by atoms with Gasteiger partial charge >= 0.3 is 0 Å². The normalized spacial score (nSPS) is 11.6. The molecular weight excluding hydrogens is 343 g/mol. The molecule has 0 atom stereocenters. The van der Waals surface area contributed by atoms with Gasteiger partial charge in [-0.15, -0.1) is 0 Å². The predicted molar refractivity (Wildman–Crippen MR) is 90.7 cm³/mol. The molecule has 0 aliphatic heterocycles. The van der Waals surface area contributed by atoms with E-state index in [0.29, 0.717) is 0 Å². The van der Waals surface area contributed by atoms with E-state index in [2.05, 4.69) is 5.32 Å². The molecule has 0 saturated heterocycles. The summed E-state index contributed by atoms with van der Waals surface area (Å²) in [6, 6.07) is 3.70. The fourth-order valence-corrected chi connectivity index (χ4v) is 3.31. The summed E-state index contributed by atoms with van der Waals surface area (Å²) in [7, 11) is -3.58. The lowest BCUT2D eigenvalue weighted by atomic mass is 10.0. The fourth-order valence-electron chi connectivity index (χ4n) is 2.21. The molecule has 1 N–H and O–H groups in total. The van der Waals surface area contributed by atoms with Gasteiger partial charge in [0.25, 0.3) is 0 Å². The Hall–Kier alpha value is -1.34. The molecule has 8 heteroatoms. The van der Waals surface area contributed by atoms with Crippen LogP contribution in [0.5, 0.6) is 0 Å². The minimum Gasteiger partial charge on any atom is -0.354 e. The van der Waals surface area contributed by atoms with Gasteiger partial charge in [0.05, 0.1) is 23.5 Å². The van der Waals surface area contributed by atoms with Crippen molar-refractivity contribution >= 4 is 33.2 Å². The third-order valence-corrected chi connectivity index (χ3v) is 5.05. The Balaban J connectivity index is 2.82. The van der Waals surface area contributed by atoms with Crippen molar-refractivity contribution in [3.8, 4) is 0 Å². The standard InChI is InChI=1S/C15H22ClFN2O3S/c1-4-11(5-2)15(20)18-8-9-19(23(3,21)22)12-6-7-14(17)13(16)10-12/h6-7,10-11H,4-5,8-9H2,1-3H3,(H,18,20). The van der Waals surface area contributed by atoms with E-state index in [4.69, 9.17) is 11.6 Å². The van der Waals surface area contributed by atoms with Gasteiger partial charge in [-0.1, -0.05) is 25.4 Å². The molecule has 0 aliphatic rings. The third-order valence-electron chi connectivity index (χ3n) is 3.56. The maximum atomic E-state index is 13.2. The lowest BCUT2D eigenvalue weighted by Gasteiger charge is -2.23. The van der Waals surface area contributed by atoms with Crippen LogP contribution in [0.2, 0.25) is 5.02 Å². The minimum absolute atomic E-state index is 0.0483. The lowest BCUT2D eigenvalue weighted by molar-refractivity contribution is -0.125. The summed E-state index contributed by atoms with van der Waals surface area (Å²) in [6.45, 7) is 4.07. The first-order valence-corrected chi connectivity index (χ1v) is 9.63.